The quantitative estimate of drug-likeness (QED) is 0.684. The molecule has 0 saturated heterocycles. The molecule has 0 aliphatic rings. The van der Waals surface area contributed by atoms with E-state index in [2.05, 4.69) is 10.1 Å². The van der Waals surface area contributed by atoms with Crippen LogP contribution in [0, 0.1) is 18.3 Å². The first-order valence-corrected chi connectivity index (χ1v) is 8.43. The third-order valence-corrected chi connectivity index (χ3v) is 4.20. The second-order valence-electron chi connectivity index (χ2n) is 6.06. The van der Waals surface area contributed by atoms with Crippen molar-refractivity contribution in [2.24, 2.45) is 0 Å². The van der Waals surface area contributed by atoms with Crippen molar-refractivity contribution in [1.82, 2.24) is 9.88 Å². The number of hydrogen-bond donors (Lipinski definition) is 1. The van der Waals surface area contributed by atoms with Crippen LogP contribution in [0.5, 0.6) is 5.75 Å². The lowest BCUT2D eigenvalue weighted by molar-refractivity contribution is -0.0498. The normalized spacial score (nSPS) is 11.9. The molecule has 144 valence electrons. The smallest absolute Gasteiger partial charge is 0.387 e. The van der Waals surface area contributed by atoms with E-state index in [1.54, 1.807) is 55.1 Å². The summed E-state index contributed by atoms with van der Waals surface area (Å²) in [5, 5.41) is 12.3. The Balaban J connectivity index is 1.80. The fourth-order valence-electron chi connectivity index (χ4n) is 2.85. The summed E-state index contributed by atoms with van der Waals surface area (Å²) in [6.07, 6.45) is 3.43. The highest BCUT2D eigenvalue weighted by Gasteiger charge is 2.25. The summed E-state index contributed by atoms with van der Waals surface area (Å²) in [5.74, 6) is 0.171. The molecule has 3 rings (SSSR count). The Kier molecular flexibility index (Phi) is 5.45. The van der Waals surface area contributed by atoms with Gasteiger partial charge in [0.15, 0.2) is 0 Å². The van der Waals surface area contributed by atoms with Gasteiger partial charge in [-0.05, 0) is 43.7 Å². The molecule has 1 unspecified atom stereocenters. The number of ether oxygens (including phenoxy) is 1. The summed E-state index contributed by atoms with van der Waals surface area (Å²) >= 11 is 0. The molecule has 1 N–H and O–H groups in total. The van der Waals surface area contributed by atoms with Gasteiger partial charge in [-0.3, -0.25) is 9.36 Å². The van der Waals surface area contributed by atoms with Crippen LogP contribution in [0.25, 0.3) is 5.88 Å². The number of carbonyl (C=O) groups excluding carboxylic acids is 1. The van der Waals surface area contributed by atoms with Crippen LogP contribution in [0.3, 0.4) is 0 Å². The average Bonchev–Trinajstić information content (AvgIpc) is 3.28. The number of hydrogen-bond acceptors (Lipinski definition) is 4. The number of benzene rings is 1. The van der Waals surface area contributed by atoms with Crippen molar-refractivity contribution in [1.29, 1.82) is 5.26 Å². The number of halogens is 2. The minimum atomic E-state index is -2.90. The summed E-state index contributed by atoms with van der Waals surface area (Å²) in [6.45, 7) is 0.463. The van der Waals surface area contributed by atoms with Gasteiger partial charge in [0.1, 0.15) is 28.7 Å². The van der Waals surface area contributed by atoms with Gasteiger partial charge in [0.05, 0.1) is 6.04 Å². The first-order chi connectivity index (χ1) is 13.4. The number of alkyl halides is 2. The van der Waals surface area contributed by atoms with E-state index < -0.39 is 18.6 Å². The Morgan fingerprint density at radius 2 is 1.89 bits per heavy atom. The average molecular weight is 385 g/mol. The first-order valence-electron chi connectivity index (χ1n) is 8.43. The third kappa shape index (κ3) is 3.88. The molecular weight excluding hydrogens is 368 g/mol. The van der Waals surface area contributed by atoms with E-state index in [1.165, 1.54) is 12.1 Å². The monoisotopic (exact) mass is 385 g/mol. The van der Waals surface area contributed by atoms with Crippen molar-refractivity contribution in [2.75, 3.05) is 0 Å². The van der Waals surface area contributed by atoms with E-state index in [-0.39, 0.29) is 22.8 Å². The van der Waals surface area contributed by atoms with Crippen molar-refractivity contribution in [3.63, 3.8) is 0 Å². The van der Waals surface area contributed by atoms with Crippen LogP contribution in [-0.4, -0.2) is 17.1 Å². The highest BCUT2D eigenvalue weighted by atomic mass is 19.3. The Morgan fingerprint density at radius 3 is 2.46 bits per heavy atom. The summed E-state index contributed by atoms with van der Waals surface area (Å²) in [7, 11) is 0. The molecule has 28 heavy (non-hydrogen) atoms. The number of aromatic nitrogens is 1. The topological polar surface area (TPSA) is 80.2 Å². The van der Waals surface area contributed by atoms with Crippen LogP contribution >= 0.6 is 0 Å². The van der Waals surface area contributed by atoms with Gasteiger partial charge in [-0.15, -0.1) is 0 Å². The maximum absolute atomic E-state index is 12.8. The van der Waals surface area contributed by atoms with Gasteiger partial charge in [0.2, 0.25) is 5.88 Å². The van der Waals surface area contributed by atoms with Crippen LogP contribution < -0.4 is 10.1 Å². The molecule has 0 radical (unpaired) electrons. The third-order valence-electron chi connectivity index (χ3n) is 4.20. The summed E-state index contributed by atoms with van der Waals surface area (Å²) in [4.78, 5) is 12.8. The molecule has 6 nitrogen and oxygen atoms in total. The summed E-state index contributed by atoms with van der Waals surface area (Å²) in [5.41, 5.74) is 0.995. The van der Waals surface area contributed by atoms with Crippen LogP contribution in [0.15, 0.2) is 53.2 Å². The van der Waals surface area contributed by atoms with E-state index >= 15 is 0 Å². The van der Waals surface area contributed by atoms with Crippen molar-refractivity contribution in [2.45, 2.75) is 26.5 Å². The molecule has 1 amide bonds. The van der Waals surface area contributed by atoms with Gasteiger partial charge in [-0.2, -0.15) is 14.0 Å². The molecule has 0 spiro atoms. The Bertz CT molecular complexity index is 1000. The number of rotatable bonds is 6. The summed E-state index contributed by atoms with van der Waals surface area (Å²) < 4.78 is 36.0. The highest BCUT2D eigenvalue weighted by Crippen LogP contribution is 2.26. The molecule has 0 aliphatic heterocycles. The minimum absolute atomic E-state index is 0.0334. The lowest BCUT2D eigenvalue weighted by Crippen LogP contribution is -2.27. The molecular formula is C20H17F2N3O3. The fraction of sp³-hybridized carbons (Fsp3) is 0.200. The zero-order valence-corrected chi connectivity index (χ0v) is 15.1. The molecule has 8 heteroatoms. The van der Waals surface area contributed by atoms with Crippen LogP contribution in [0.1, 0.15) is 40.2 Å². The van der Waals surface area contributed by atoms with Crippen molar-refractivity contribution in [3.8, 4) is 17.7 Å². The number of nitrogens with zero attached hydrogens (tertiary/aromatic N) is 2. The van der Waals surface area contributed by atoms with Crippen molar-refractivity contribution < 1.29 is 22.7 Å². The minimum Gasteiger partial charge on any atom is -0.443 e. The molecule has 0 aliphatic carbocycles. The number of nitriles is 1. The fourth-order valence-corrected chi connectivity index (χ4v) is 2.85. The maximum Gasteiger partial charge on any atom is 0.387 e. The molecule has 1 aromatic carbocycles. The van der Waals surface area contributed by atoms with Crippen LogP contribution in [0.4, 0.5) is 8.78 Å². The number of amides is 1. The van der Waals surface area contributed by atoms with E-state index in [1.807, 2.05) is 6.07 Å². The lowest BCUT2D eigenvalue weighted by atomic mass is 10.1. The van der Waals surface area contributed by atoms with Gasteiger partial charge in [0, 0.05) is 12.4 Å². The molecule has 0 saturated carbocycles. The van der Waals surface area contributed by atoms with Gasteiger partial charge < -0.3 is 14.5 Å². The Morgan fingerprint density at radius 1 is 1.25 bits per heavy atom. The van der Waals surface area contributed by atoms with Crippen molar-refractivity contribution >= 4 is 5.91 Å². The van der Waals surface area contributed by atoms with E-state index in [0.717, 1.165) is 0 Å². The number of furan rings is 1. The van der Waals surface area contributed by atoms with E-state index in [9.17, 15) is 18.8 Å². The van der Waals surface area contributed by atoms with E-state index in [4.69, 9.17) is 4.42 Å². The second kappa shape index (κ2) is 7.96. The molecule has 1 atom stereocenters. The Labute approximate surface area is 159 Å². The van der Waals surface area contributed by atoms with Gasteiger partial charge in [0.25, 0.3) is 5.91 Å². The highest BCUT2D eigenvalue weighted by molar-refractivity contribution is 5.98. The zero-order chi connectivity index (χ0) is 20.3. The second-order valence-corrected chi connectivity index (χ2v) is 6.06. The predicted octanol–water partition coefficient (Wildman–Crippen LogP) is 4.34. The predicted molar refractivity (Wildman–Crippen MR) is 96.4 cm³/mol. The molecule has 2 aromatic heterocycles. The SMILES string of the molecule is Cc1oc(-n2cccc2)c(C#N)c1C(=O)NC(C)c1ccc(OC(F)F)cc1. The summed E-state index contributed by atoms with van der Waals surface area (Å²) in [6, 6.07) is 11.1. The maximum atomic E-state index is 12.8. The Hall–Kier alpha value is -3.60. The largest absolute Gasteiger partial charge is 0.443 e. The lowest BCUT2D eigenvalue weighted by Gasteiger charge is -2.15. The molecule has 0 fully saturated rings. The number of carbonyl (C=O) groups is 1. The van der Waals surface area contributed by atoms with E-state index in [0.29, 0.717) is 11.3 Å². The number of nitrogens with one attached hydrogen (secondary N) is 1. The number of aryl methyl sites for hydroxylation is 1. The van der Waals surface area contributed by atoms with Crippen LogP contribution in [0.2, 0.25) is 0 Å². The van der Waals surface area contributed by atoms with Gasteiger partial charge in [-0.25, -0.2) is 0 Å². The van der Waals surface area contributed by atoms with Crippen LogP contribution in [-0.2, 0) is 0 Å². The first kappa shape index (κ1) is 19.2. The standard InChI is InChI=1S/C20H17F2N3O3/c1-12(14-5-7-15(8-6-14)28-20(21)22)24-18(26)17-13(2)27-19(16(17)11-23)25-9-3-4-10-25/h3-10,12,20H,1-2H3,(H,24,26). The molecule has 0 bridgehead atoms. The van der Waals surface area contributed by atoms with Crippen molar-refractivity contribution in [3.05, 3.63) is 71.2 Å². The van der Waals surface area contributed by atoms with Gasteiger partial charge in [-0.1, -0.05) is 12.1 Å². The molecule has 2 heterocycles. The zero-order valence-electron chi connectivity index (χ0n) is 15.1. The van der Waals surface area contributed by atoms with Gasteiger partial charge >= 0.3 is 6.61 Å². The molecule has 3 aromatic rings.